The highest BCUT2D eigenvalue weighted by molar-refractivity contribution is 7.92. The van der Waals surface area contributed by atoms with Crippen molar-refractivity contribution in [3.63, 3.8) is 0 Å². The van der Waals surface area contributed by atoms with Gasteiger partial charge in [0.05, 0.1) is 21.2 Å². The molecule has 0 radical (unpaired) electrons. The van der Waals surface area contributed by atoms with Crippen LogP contribution >= 0.6 is 0 Å². The standard InChI is InChI=1S/C25H18F3N3O2S/c26-18-6-1-15(2-7-18)17-5-12-23(29)24(13-17)31-25(32)16-3-8-19(9-4-16)34(30,33)20-10-11-21(27)22(28)14-20/h1-14,30H,29H2,(H,31,32). The quantitative estimate of drug-likeness (QED) is 0.302. The smallest absolute Gasteiger partial charge is 0.255 e. The molecule has 1 amide bonds. The van der Waals surface area contributed by atoms with E-state index in [0.717, 1.165) is 29.3 Å². The fourth-order valence-corrected chi connectivity index (χ4v) is 4.59. The summed E-state index contributed by atoms with van der Waals surface area (Å²) in [6.45, 7) is 0. The van der Waals surface area contributed by atoms with Crippen molar-refractivity contribution in [1.82, 2.24) is 0 Å². The van der Waals surface area contributed by atoms with E-state index in [1.807, 2.05) is 0 Å². The minimum absolute atomic E-state index is 0.0351. The molecule has 1 unspecified atom stereocenters. The fourth-order valence-electron chi connectivity index (χ4n) is 3.27. The van der Waals surface area contributed by atoms with Crippen molar-refractivity contribution in [2.45, 2.75) is 9.79 Å². The minimum Gasteiger partial charge on any atom is -0.397 e. The van der Waals surface area contributed by atoms with Crippen LogP contribution in [-0.2, 0) is 9.73 Å². The summed E-state index contributed by atoms with van der Waals surface area (Å²) in [7, 11) is -3.61. The van der Waals surface area contributed by atoms with Crippen molar-refractivity contribution < 1.29 is 22.2 Å². The van der Waals surface area contributed by atoms with Crippen molar-refractivity contribution >= 4 is 27.0 Å². The van der Waals surface area contributed by atoms with Crippen molar-refractivity contribution in [1.29, 1.82) is 4.78 Å². The molecule has 4 rings (SSSR count). The van der Waals surface area contributed by atoms with E-state index in [2.05, 4.69) is 5.32 Å². The van der Waals surface area contributed by atoms with Gasteiger partial charge in [0.15, 0.2) is 11.6 Å². The number of carbonyl (C=O) groups excluding carboxylic acids is 1. The van der Waals surface area contributed by atoms with Crippen molar-refractivity contribution in [2.75, 3.05) is 11.1 Å². The van der Waals surface area contributed by atoms with E-state index in [9.17, 15) is 22.2 Å². The summed E-state index contributed by atoms with van der Waals surface area (Å²) in [6.07, 6.45) is 0. The Morgan fingerprint density at radius 1 is 0.765 bits per heavy atom. The summed E-state index contributed by atoms with van der Waals surface area (Å²) < 4.78 is 61.0. The molecule has 172 valence electrons. The lowest BCUT2D eigenvalue weighted by molar-refractivity contribution is 0.102. The van der Waals surface area contributed by atoms with Crippen LogP contribution in [0.15, 0.2) is 94.7 Å². The zero-order valence-corrected chi connectivity index (χ0v) is 18.3. The summed E-state index contributed by atoms with van der Waals surface area (Å²) in [5, 5.41) is 2.70. The molecule has 0 aliphatic heterocycles. The molecule has 4 N–H and O–H groups in total. The van der Waals surface area contributed by atoms with Crippen LogP contribution in [0.3, 0.4) is 0 Å². The number of nitrogen functional groups attached to an aromatic ring is 1. The Morgan fingerprint density at radius 3 is 2.03 bits per heavy atom. The van der Waals surface area contributed by atoms with E-state index in [1.165, 1.54) is 36.4 Å². The first-order valence-corrected chi connectivity index (χ1v) is 11.5. The SMILES string of the molecule is N=S(=O)(c1ccc(C(=O)Nc2cc(-c3ccc(F)cc3)ccc2N)cc1)c1ccc(F)c(F)c1. The van der Waals surface area contributed by atoms with Gasteiger partial charge >= 0.3 is 0 Å². The van der Waals surface area contributed by atoms with Gasteiger partial charge < -0.3 is 11.1 Å². The number of nitrogens with two attached hydrogens (primary N) is 1. The molecule has 4 aromatic carbocycles. The Bertz CT molecular complexity index is 1490. The second-order valence-electron chi connectivity index (χ2n) is 7.42. The molecule has 34 heavy (non-hydrogen) atoms. The van der Waals surface area contributed by atoms with Gasteiger partial charge in [-0.15, -0.1) is 0 Å². The maximum absolute atomic E-state index is 13.5. The monoisotopic (exact) mass is 481 g/mol. The summed E-state index contributed by atoms with van der Waals surface area (Å²) in [4.78, 5) is 12.6. The van der Waals surface area contributed by atoms with Gasteiger partial charge in [-0.05, 0) is 77.9 Å². The van der Waals surface area contributed by atoms with Crippen molar-refractivity contribution in [2.24, 2.45) is 0 Å². The number of hydrogen-bond acceptors (Lipinski definition) is 4. The number of rotatable bonds is 5. The van der Waals surface area contributed by atoms with Gasteiger partial charge in [-0.2, -0.15) is 0 Å². The summed E-state index contributed by atoms with van der Waals surface area (Å²) in [5.41, 5.74) is 8.33. The Labute approximate surface area is 194 Å². The third-order valence-corrected chi connectivity index (χ3v) is 7.00. The molecule has 0 aromatic heterocycles. The number of carbonyl (C=O) groups is 1. The largest absolute Gasteiger partial charge is 0.397 e. The number of benzene rings is 4. The second-order valence-corrected chi connectivity index (χ2v) is 9.47. The van der Waals surface area contributed by atoms with Crippen LogP contribution in [0.2, 0.25) is 0 Å². The van der Waals surface area contributed by atoms with E-state index in [0.29, 0.717) is 11.4 Å². The Kier molecular flexibility index (Phi) is 6.12. The number of anilines is 2. The van der Waals surface area contributed by atoms with Crippen molar-refractivity contribution in [3.05, 3.63) is 108 Å². The van der Waals surface area contributed by atoms with E-state index >= 15 is 0 Å². The average Bonchev–Trinajstić information content (AvgIpc) is 2.82. The number of halogens is 3. The molecule has 0 aliphatic rings. The lowest BCUT2D eigenvalue weighted by atomic mass is 10.0. The first-order valence-electron chi connectivity index (χ1n) is 9.96. The first kappa shape index (κ1) is 23.1. The van der Waals surface area contributed by atoms with Gasteiger partial charge in [0, 0.05) is 5.56 Å². The highest BCUT2D eigenvalue weighted by Gasteiger charge is 2.17. The molecule has 0 spiro atoms. The molecule has 0 saturated heterocycles. The molecular formula is C25H18F3N3O2S. The number of nitrogens with one attached hydrogen (secondary N) is 2. The zero-order chi connectivity index (χ0) is 24.5. The zero-order valence-electron chi connectivity index (χ0n) is 17.5. The van der Waals surface area contributed by atoms with Crippen LogP contribution in [0.25, 0.3) is 11.1 Å². The van der Waals surface area contributed by atoms with Crippen molar-refractivity contribution in [3.8, 4) is 11.1 Å². The number of hydrogen-bond donors (Lipinski definition) is 3. The molecule has 4 aromatic rings. The summed E-state index contributed by atoms with van der Waals surface area (Å²) >= 11 is 0. The molecule has 5 nitrogen and oxygen atoms in total. The van der Waals surface area contributed by atoms with Gasteiger partial charge in [0.1, 0.15) is 15.5 Å². The van der Waals surface area contributed by atoms with E-state index in [1.54, 1.807) is 30.3 Å². The second kappa shape index (κ2) is 9.03. The van der Waals surface area contributed by atoms with Crippen LogP contribution in [0.5, 0.6) is 0 Å². The Hall–Kier alpha value is -4.11. The highest BCUT2D eigenvalue weighted by Crippen LogP contribution is 2.28. The van der Waals surface area contributed by atoms with Crippen LogP contribution in [0.1, 0.15) is 10.4 Å². The molecule has 1 atom stereocenters. The predicted molar refractivity (Wildman–Crippen MR) is 124 cm³/mol. The van der Waals surface area contributed by atoms with Gasteiger partial charge in [0.2, 0.25) is 0 Å². The average molecular weight is 481 g/mol. The topological polar surface area (TPSA) is 96.0 Å². The van der Waals surface area contributed by atoms with E-state index < -0.39 is 27.3 Å². The molecule has 0 aliphatic carbocycles. The Morgan fingerprint density at radius 2 is 1.38 bits per heavy atom. The number of amides is 1. The van der Waals surface area contributed by atoms with Gasteiger partial charge in [-0.3, -0.25) is 4.79 Å². The van der Waals surface area contributed by atoms with Crippen LogP contribution < -0.4 is 11.1 Å². The maximum Gasteiger partial charge on any atom is 0.255 e. The van der Waals surface area contributed by atoms with Gasteiger partial charge in [-0.25, -0.2) is 22.2 Å². The molecule has 9 heteroatoms. The maximum atomic E-state index is 13.5. The lowest BCUT2D eigenvalue weighted by Crippen LogP contribution is -2.13. The molecule has 0 bridgehead atoms. The third kappa shape index (κ3) is 4.65. The normalized spacial score (nSPS) is 12.7. The van der Waals surface area contributed by atoms with Crippen LogP contribution in [-0.4, -0.2) is 10.1 Å². The first-order chi connectivity index (χ1) is 16.1. The third-order valence-electron chi connectivity index (χ3n) is 5.15. The lowest BCUT2D eigenvalue weighted by Gasteiger charge is -2.12. The molecule has 0 heterocycles. The molecule has 0 fully saturated rings. The van der Waals surface area contributed by atoms with Gasteiger partial charge in [0.25, 0.3) is 5.91 Å². The van der Waals surface area contributed by atoms with Crippen LogP contribution in [0, 0.1) is 22.2 Å². The van der Waals surface area contributed by atoms with E-state index in [4.69, 9.17) is 10.5 Å². The Balaban J connectivity index is 1.56. The predicted octanol–water partition coefficient (Wildman–Crippen LogP) is 6.07. The molecular weight excluding hydrogens is 463 g/mol. The fraction of sp³-hybridized carbons (Fsp3) is 0. The highest BCUT2D eigenvalue weighted by atomic mass is 32.2. The van der Waals surface area contributed by atoms with Gasteiger partial charge in [-0.1, -0.05) is 18.2 Å². The summed E-state index contributed by atoms with van der Waals surface area (Å²) in [5.74, 6) is -3.17. The summed E-state index contributed by atoms with van der Waals surface area (Å²) in [6, 6.07) is 18.9. The van der Waals surface area contributed by atoms with E-state index in [-0.39, 0.29) is 21.2 Å². The molecule has 0 saturated carbocycles. The van der Waals surface area contributed by atoms with Crippen LogP contribution in [0.4, 0.5) is 24.5 Å². The minimum atomic E-state index is -3.61.